The molecule has 33 heavy (non-hydrogen) atoms. The van der Waals surface area contributed by atoms with Crippen LogP contribution >= 0.6 is 0 Å². The van der Waals surface area contributed by atoms with Crippen molar-refractivity contribution >= 4 is 11.8 Å². The van der Waals surface area contributed by atoms with Crippen molar-refractivity contribution in [1.29, 1.82) is 0 Å². The molecule has 6 heteroatoms. The first kappa shape index (κ1) is 24.0. The average Bonchev–Trinajstić information content (AvgIpc) is 2.81. The van der Waals surface area contributed by atoms with Crippen LogP contribution in [0.3, 0.4) is 0 Å². The number of phenolic OH excluding ortho intramolecular Hbond substituents is 2. The Morgan fingerprint density at radius 3 is 1.88 bits per heavy atom. The fraction of sp³-hybridized carbons (Fsp3) is 0.296. The molecule has 6 nitrogen and oxygen atoms in total. The highest BCUT2D eigenvalue weighted by molar-refractivity contribution is 5.84. The van der Waals surface area contributed by atoms with Gasteiger partial charge in [0.15, 0.2) is 0 Å². The van der Waals surface area contributed by atoms with E-state index >= 15 is 0 Å². The Hall–Kier alpha value is -3.67. The van der Waals surface area contributed by atoms with Crippen LogP contribution in [0.5, 0.6) is 17.2 Å². The van der Waals surface area contributed by atoms with E-state index in [4.69, 9.17) is 9.47 Å². The van der Waals surface area contributed by atoms with Crippen LogP contribution < -0.4 is 10.1 Å². The Kier molecular flexibility index (Phi) is 8.58. The predicted molar refractivity (Wildman–Crippen MR) is 129 cm³/mol. The Bertz CT molecular complexity index is 1000. The fourth-order valence-electron chi connectivity index (χ4n) is 4.02. The van der Waals surface area contributed by atoms with Crippen molar-refractivity contribution in [3.8, 4) is 17.2 Å². The molecule has 3 aromatic carbocycles. The van der Waals surface area contributed by atoms with Gasteiger partial charge < -0.3 is 19.7 Å². The number of rotatable bonds is 10. The maximum Gasteiger partial charge on any atom is 0.411 e. The van der Waals surface area contributed by atoms with Crippen molar-refractivity contribution in [2.45, 2.75) is 38.5 Å². The molecule has 0 radical (unpaired) electrons. The molecule has 1 amide bonds. The van der Waals surface area contributed by atoms with Gasteiger partial charge in [0.1, 0.15) is 17.2 Å². The summed E-state index contributed by atoms with van der Waals surface area (Å²) in [6.07, 6.45) is 1.21. The molecule has 0 unspecified atom stereocenters. The first-order valence-corrected chi connectivity index (χ1v) is 11.2. The number of carbonyl (C=O) groups excluding carboxylic acids is 1. The highest BCUT2D eigenvalue weighted by Crippen LogP contribution is 2.39. The topological polar surface area (TPSA) is 88.0 Å². The van der Waals surface area contributed by atoms with Gasteiger partial charge in [-0.05, 0) is 91.3 Å². The zero-order chi connectivity index (χ0) is 23.6. The molecule has 0 bridgehead atoms. The van der Waals surface area contributed by atoms with Gasteiger partial charge in [-0.15, -0.1) is 0 Å². The Labute approximate surface area is 194 Å². The number of nitrogens with one attached hydrogen (secondary N) is 1. The van der Waals surface area contributed by atoms with E-state index in [0.29, 0.717) is 24.7 Å². The Morgan fingerprint density at radius 1 is 0.818 bits per heavy atom. The van der Waals surface area contributed by atoms with Crippen LogP contribution in [-0.2, 0) is 4.74 Å². The molecule has 0 heterocycles. The summed E-state index contributed by atoms with van der Waals surface area (Å²) in [5.41, 5.74) is 2.93. The van der Waals surface area contributed by atoms with Crippen molar-refractivity contribution in [2.24, 2.45) is 0 Å². The smallest absolute Gasteiger partial charge is 0.411 e. The minimum absolute atomic E-state index is 0.171. The summed E-state index contributed by atoms with van der Waals surface area (Å²) >= 11 is 0. The second-order valence-electron chi connectivity index (χ2n) is 7.81. The molecule has 0 spiro atoms. The molecule has 0 saturated carbocycles. The van der Waals surface area contributed by atoms with Gasteiger partial charge in [-0.2, -0.15) is 0 Å². The van der Waals surface area contributed by atoms with E-state index in [1.807, 2.05) is 36.4 Å². The van der Waals surface area contributed by atoms with Crippen LogP contribution in [0.25, 0.3) is 0 Å². The van der Waals surface area contributed by atoms with E-state index in [1.165, 1.54) is 0 Å². The van der Waals surface area contributed by atoms with Crippen LogP contribution in [-0.4, -0.2) is 29.5 Å². The van der Waals surface area contributed by atoms with Gasteiger partial charge in [-0.1, -0.05) is 31.2 Å². The number of hydrogen-bond acceptors (Lipinski definition) is 5. The highest BCUT2D eigenvalue weighted by atomic mass is 16.5. The average molecular weight is 449 g/mol. The van der Waals surface area contributed by atoms with E-state index in [0.717, 1.165) is 24.0 Å². The first-order valence-electron chi connectivity index (χ1n) is 11.2. The van der Waals surface area contributed by atoms with Crippen LogP contribution in [0, 0.1) is 0 Å². The molecular weight excluding hydrogens is 417 g/mol. The predicted octanol–water partition coefficient (Wildman–Crippen LogP) is 6.41. The minimum atomic E-state index is -0.484. The van der Waals surface area contributed by atoms with E-state index in [-0.39, 0.29) is 23.3 Å². The van der Waals surface area contributed by atoms with E-state index in [9.17, 15) is 15.0 Å². The van der Waals surface area contributed by atoms with Crippen molar-refractivity contribution in [2.75, 3.05) is 18.5 Å². The second-order valence-corrected chi connectivity index (χ2v) is 7.81. The molecule has 3 N–H and O–H groups in total. The lowest BCUT2D eigenvalue weighted by molar-refractivity contribution is 0.168. The number of benzene rings is 3. The lowest BCUT2D eigenvalue weighted by Gasteiger charge is -2.27. The fourth-order valence-corrected chi connectivity index (χ4v) is 4.02. The molecule has 0 aromatic heterocycles. The number of anilines is 1. The van der Waals surface area contributed by atoms with E-state index in [2.05, 4.69) is 12.2 Å². The van der Waals surface area contributed by atoms with Crippen LogP contribution in [0.4, 0.5) is 10.5 Å². The Balaban J connectivity index is 1.69. The third kappa shape index (κ3) is 6.91. The van der Waals surface area contributed by atoms with Crippen LogP contribution in [0.2, 0.25) is 0 Å². The molecule has 0 aliphatic heterocycles. The number of ether oxygens (including phenoxy) is 2. The number of amides is 1. The molecule has 174 valence electrons. The maximum absolute atomic E-state index is 11.5. The maximum atomic E-state index is 11.5. The molecule has 0 fully saturated rings. The van der Waals surface area contributed by atoms with Gasteiger partial charge in [0.2, 0.25) is 0 Å². The molecule has 3 aromatic rings. The number of aromatic hydroxyl groups is 2. The molecule has 0 saturated heterocycles. The van der Waals surface area contributed by atoms with Crippen molar-refractivity contribution in [3.05, 3.63) is 83.9 Å². The second kappa shape index (κ2) is 11.8. The zero-order valence-electron chi connectivity index (χ0n) is 19.0. The van der Waals surface area contributed by atoms with E-state index < -0.39 is 6.09 Å². The highest BCUT2D eigenvalue weighted by Gasteiger charge is 2.24. The summed E-state index contributed by atoms with van der Waals surface area (Å²) in [4.78, 5) is 11.5. The third-order valence-corrected chi connectivity index (χ3v) is 5.64. The quantitative estimate of drug-likeness (QED) is 0.333. The van der Waals surface area contributed by atoms with Gasteiger partial charge in [0.05, 0.1) is 13.2 Å². The normalized spacial score (nSPS) is 12.5. The number of carbonyl (C=O) groups is 1. The van der Waals surface area contributed by atoms with Gasteiger partial charge >= 0.3 is 6.09 Å². The summed E-state index contributed by atoms with van der Waals surface area (Å²) in [6, 6.07) is 21.9. The lowest BCUT2D eigenvalue weighted by Crippen LogP contribution is -2.15. The lowest BCUT2D eigenvalue weighted by atomic mass is 9.78. The largest absolute Gasteiger partial charge is 0.508 e. The minimum Gasteiger partial charge on any atom is -0.508 e. The standard InChI is InChI=1S/C27H31NO5/c1-3-25(19-5-11-22(29)12-6-19)26(20-7-13-23(30)14-8-20)17-18-33-24-15-9-21(10-16-24)28-27(31)32-4-2/h5-16,25-26,29-30H,3-4,17-18H2,1-2H3,(H,28,31)/t25-,26+/m1/s1/i27-1. The van der Waals surface area contributed by atoms with Gasteiger partial charge in [0.25, 0.3) is 0 Å². The molecule has 0 aliphatic carbocycles. The molecule has 2 atom stereocenters. The zero-order valence-corrected chi connectivity index (χ0v) is 19.0. The Morgan fingerprint density at radius 2 is 1.36 bits per heavy atom. The van der Waals surface area contributed by atoms with E-state index in [1.54, 1.807) is 43.3 Å². The van der Waals surface area contributed by atoms with Gasteiger partial charge in [-0.3, -0.25) is 5.32 Å². The summed E-state index contributed by atoms with van der Waals surface area (Å²) in [5.74, 6) is 1.60. The molecule has 0 aliphatic rings. The SMILES string of the molecule is CCO[11C](=O)Nc1ccc(OCC[C@@H](c2ccc(O)cc2)[C@H](CC)c2ccc(O)cc2)cc1. The first-order chi connectivity index (χ1) is 16.0. The molecule has 3 rings (SSSR count). The van der Waals surface area contributed by atoms with Gasteiger partial charge in [-0.25, -0.2) is 4.79 Å². The summed E-state index contributed by atoms with van der Waals surface area (Å²) in [6.45, 7) is 4.73. The number of phenols is 2. The van der Waals surface area contributed by atoms with Crippen molar-refractivity contribution in [3.63, 3.8) is 0 Å². The van der Waals surface area contributed by atoms with Crippen molar-refractivity contribution < 1.29 is 24.5 Å². The van der Waals surface area contributed by atoms with Crippen LogP contribution in [0.15, 0.2) is 72.8 Å². The summed E-state index contributed by atoms with van der Waals surface area (Å²) < 4.78 is 10.9. The van der Waals surface area contributed by atoms with Crippen LogP contribution in [0.1, 0.15) is 49.7 Å². The van der Waals surface area contributed by atoms with Gasteiger partial charge in [0, 0.05) is 5.69 Å². The number of hydrogen-bond donors (Lipinski definition) is 3. The van der Waals surface area contributed by atoms with Crippen molar-refractivity contribution in [1.82, 2.24) is 0 Å². The summed E-state index contributed by atoms with van der Waals surface area (Å²) in [7, 11) is 0. The monoisotopic (exact) mass is 448 g/mol. The third-order valence-electron chi connectivity index (χ3n) is 5.64. The summed E-state index contributed by atoms with van der Waals surface area (Å²) in [5, 5.41) is 22.1. The molecular formula is C27H31NO5.